The van der Waals surface area contributed by atoms with E-state index in [4.69, 9.17) is 4.74 Å². The smallest absolute Gasteiger partial charge is 0.269 e. The lowest BCUT2D eigenvalue weighted by molar-refractivity contribution is -0.384. The molecule has 0 bridgehead atoms. The van der Waals surface area contributed by atoms with E-state index < -0.39 is 0 Å². The van der Waals surface area contributed by atoms with Gasteiger partial charge in [0.1, 0.15) is 0 Å². The maximum absolute atomic E-state index is 10.7. The normalized spacial score (nSPS) is 12.7. The van der Waals surface area contributed by atoms with Crippen molar-refractivity contribution in [2.45, 2.75) is 32.9 Å². The Hall–Kier alpha value is -1.46. The van der Waals surface area contributed by atoms with Crippen molar-refractivity contribution in [3.05, 3.63) is 39.9 Å². The second-order valence-electron chi connectivity index (χ2n) is 4.45. The van der Waals surface area contributed by atoms with Gasteiger partial charge in [-0.3, -0.25) is 10.1 Å². The first-order chi connectivity index (χ1) is 8.50. The first-order valence-electron chi connectivity index (χ1n) is 6.10. The molecule has 0 aliphatic heterocycles. The molecule has 0 saturated heterocycles. The van der Waals surface area contributed by atoms with Gasteiger partial charge in [0.15, 0.2) is 0 Å². The van der Waals surface area contributed by atoms with Crippen LogP contribution in [0.4, 0.5) is 5.69 Å². The van der Waals surface area contributed by atoms with Crippen molar-refractivity contribution < 1.29 is 9.66 Å². The van der Waals surface area contributed by atoms with E-state index in [9.17, 15) is 10.1 Å². The van der Waals surface area contributed by atoms with E-state index in [0.717, 1.165) is 12.1 Å². The van der Waals surface area contributed by atoms with Crippen LogP contribution in [-0.2, 0) is 4.74 Å². The predicted octanol–water partition coefficient (Wildman–Crippen LogP) is 2.67. The van der Waals surface area contributed by atoms with Crippen molar-refractivity contribution in [2.24, 2.45) is 0 Å². The van der Waals surface area contributed by atoms with Gasteiger partial charge in [0.05, 0.1) is 17.6 Å². The molecular formula is C13H20N2O3. The van der Waals surface area contributed by atoms with Gasteiger partial charge in [-0.15, -0.1) is 0 Å². The Kier molecular flexibility index (Phi) is 5.74. The summed E-state index contributed by atoms with van der Waals surface area (Å²) in [4.78, 5) is 10.3. The van der Waals surface area contributed by atoms with Crippen LogP contribution < -0.4 is 5.32 Å². The molecule has 0 aliphatic carbocycles. The molecule has 1 rings (SSSR count). The monoisotopic (exact) mass is 252 g/mol. The van der Waals surface area contributed by atoms with Crippen molar-refractivity contribution >= 4 is 5.69 Å². The minimum absolute atomic E-state index is 0.0701. The number of nitrogens with one attached hydrogen (secondary N) is 1. The van der Waals surface area contributed by atoms with Crippen LogP contribution in [0.25, 0.3) is 0 Å². The van der Waals surface area contributed by atoms with Crippen molar-refractivity contribution in [1.82, 2.24) is 5.32 Å². The van der Waals surface area contributed by atoms with Gasteiger partial charge < -0.3 is 10.1 Å². The van der Waals surface area contributed by atoms with E-state index in [2.05, 4.69) is 5.32 Å². The average molecular weight is 252 g/mol. The summed E-state index contributed by atoms with van der Waals surface area (Å²) in [5, 5.41) is 13.9. The Balaban J connectivity index is 2.48. The summed E-state index contributed by atoms with van der Waals surface area (Å²) in [6.45, 7) is 7.32. The topological polar surface area (TPSA) is 64.4 Å². The van der Waals surface area contributed by atoms with Crippen molar-refractivity contribution in [3.8, 4) is 0 Å². The van der Waals surface area contributed by atoms with Crippen LogP contribution in [-0.4, -0.2) is 24.2 Å². The molecule has 5 nitrogen and oxygen atoms in total. The van der Waals surface area contributed by atoms with E-state index >= 15 is 0 Å². The number of hydrogen-bond acceptors (Lipinski definition) is 4. The third-order valence-electron chi connectivity index (χ3n) is 2.58. The second-order valence-corrected chi connectivity index (χ2v) is 4.45. The quantitative estimate of drug-likeness (QED) is 0.460. The minimum Gasteiger partial charge on any atom is -0.377 e. The maximum atomic E-state index is 10.7. The van der Waals surface area contributed by atoms with E-state index in [0.29, 0.717) is 6.61 Å². The van der Waals surface area contributed by atoms with Gasteiger partial charge in [0.2, 0.25) is 0 Å². The van der Waals surface area contributed by atoms with Crippen LogP contribution in [0.1, 0.15) is 32.4 Å². The zero-order valence-corrected chi connectivity index (χ0v) is 11.1. The number of ether oxygens (including phenoxy) is 1. The standard InChI is InChI=1S/C13H20N2O3/c1-10(2)18-8-7-14-11(3)12-5-4-6-13(9-12)15(16)17/h4-6,9-11,14H,7-8H2,1-3H3. The third-order valence-corrected chi connectivity index (χ3v) is 2.58. The lowest BCUT2D eigenvalue weighted by atomic mass is 10.1. The van der Waals surface area contributed by atoms with Crippen LogP contribution >= 0.6 is 0 Å². The summed E-state index contributed by atoms with van der Waals surface area (Å²) in [5.41, 5.74) is 1.04. The van der Waals surface area contributed by atoms with Crippen LogP contribution in [0.15, 0.2) is 24.3 Å². The number of rotatable bonds is 7. The SMILES string of the molecule is CC(C)OCCNC(C)c1cccc([N+](=O)[O-])c1. The molecule has 1 atom stereocenters. The van der Waals surface area contributed by atoms with Gasteiger partial charge in [0, 0.05) is 24.7 Å². The molecule has 0 spiro atoms. The lowest BCUT2D eigenvalue weighted by Crippen LogP contribution is -2.24. The molecule has 1 aromatic rings. The summed E-state index contributed by atoms with van der Waals surface area (Å²) >= 11 is 0. The van der Waals surface area contributed by atoms with Crippen molar-refractivity contribution in [2.75, 3.05) is 13.2 Å². The minimum atomic E-state index is -0.377. The van der Waals surface area contributed by atoms with Crippen LogP contribution in [0, 0.1) is 10.1 Å². The van der Waals surface area contributed by atoms with E-state index in [-0.39, 0.29) is 22.8 Å². The molecule has 1 N–H and O–H groups in total. The molecule has 1 aromatic carbocycles. The number of benzene rings is 1. The summed E-state index contributed by atoms with van der Waals surface area (Å²) in [6, 6.07) is 6.75. The summed E-state index contributed by atoms with van der Waals surface area (Å²) < 4.78 is 5.42. The summed E-state index contributed by atoms with van der Waals surface area (Å²) in [6.07, 6.45) is 0.222. The fraction of sp³-hybridized carbons (Fsp3) is 0.538. The molecule has 100 valence electrons. The number of nitro benzene ring substituents is 1. The van der Waals surface area contributed by atoms with Gasteiger partial charge in [-0.2, -0.15) is 0 Å². The number of non-ortho nitro benzene ring substituents is 1. The van der Waals surface area contributed by atoms with Crippen molar-refractivity contribution in [1.29, 1.82) is 0 Å². The molecule has 0 aliphatic rings. The molecule has 5 heteroatoms. The van der Waals surface area contributed by atoms with Crippen LogP contribution in [0.2, 0.25) is 0 Å². The fourth-order valence-electron chi connectivity index (χ4n) is 1.60. The highest BCUT2D eigenvalue weighted by Gasteiger charge is 2.10. The Labute approximate surface area is 107 Å². The van der Waals surface area contributed by atoms with E-state index in [1.54, 1.807) is 12.1 Å². The highest BCUT2D eigenvalue weighted by molar-refractivity contribution is 5.35. The van der Waals surface area contributed by atoms with E-state index in [1.165, 1.54) is 6.07 Å². The molecule has 0 amide bonds. The largest absolute Gasteiger partial charge is 0.377 e. The Morgan fingerprint density at radius 2 is 2.11 bits per heavy atom. The first kappa shape index (κ1) is 14.6. The zero-order chi connectivity index (χ0) is 13.5. The molecule has 0 fully saturated rings. The molecular weight excluding hydrogens is 232 g/mol. The second kappa shape index (κ2) is 7.08. The molecule has 1 unspecified atom stereocenters. The molecule has 0 aromatic heterocycles. The maximum Gasteiger partial charge on any atom is 0.269 e. The molecule has 0 saturated carbocycles. The van der Waals surface area contributed by atoms with Gasteiger partial charge >= 0.3 is 0 Å². The highest BCUT2D eigenvalue weighted by atomic mass is 16.6. The molecule has 18 heavy (non-hydrogen) atoms. The molecule has 0 heterocycles. The third kappa shape index (κ3) is 4.81. The highest BCUT2D eigenvalue weighted by Crippen LogP contribution is 2.18. The van der Waals surface area contributed by atoms with Crippen molar-refractivity contribution in [3.63, 3.8) is 0 Å². The Morgan fingerprint density at radius 1 is 1.39 bits per heavy atom. The van der Waals surface area contributed by atoms with Gasteiger partial charge in [0.25, 0.3) is 5.69 Å². The van der Waals surface area contributed by atoms with Gasteiger partial charge in [-0.05, 0) is 26.3 Å². The Morgan fingerprint density at radius 3 is 2.72 bits per heavy atom. The number of nitrogens with zero attached hydrogens (tertiary/aromatic N) is 1. The average Bonchev–Trinajstić information content (AvgIpc) is 2.34. The van der Waals surface area contributed by atoms with E-state index in [1.807, 2.05) is 26.8 Å². The van der Waals surface area contributed by atoms with Crippen LogP contribution in [0.3, 0.4) is 0 Å². The lowest BCUT2D eigenvalue weighted by Gasteiger charge is -2.15. The fourth-order valence-corrected chi connectivity index (χ4v) is 1.60. The summed E-state index contributed by atoms with van der Waals surface area (Å²) in [7, 11) is 0. The Bertz CT molecular complexity index is 394. The van der Waals surface area contributed by atoms with Gasteiger partial charge in [-0.1, -0.05) is 12.1 Å². The first-order valence-corrected chi connectivity index (χ1v) is 6.10. The predicted molar refractivity (Wildman–Crippen MR) is 70.6 cm³/mol. The molecule has 0 radical (unpaired) electrons. The zero-order valence-electron chi connectivity index (χ0n) is 11.1. The number of nitro groups is 1. The summed E-state index contributed by atoms with van der Waals surface area (Å²) in [5.74, 6) is 0. The van der Waals surface area contributed by atoms with Gasteiger partial charge in [-0.25, -0.2) is 0 Å². The number of hydrogen-bond donors (Lipinski definition) is 1. The van der Waals surface area contributed by atoms with Crippen LogP contribution in [0.5, 0.6) is 0 Å².